The normalized spacial score (nSPS) is 12.1. The fraction of sp³-hybridized carbons (Fsp3) is 0.892. The van der Waals surface area contributed by atoms with Crippen molar-refractivity contribution >= 4 is 17.9 Å². The topological polar surface area (TPSA) is 78.9 Å². The van der Waals surface area contributed by atoms with Crippen molar-refractivity contribution in [1.29, 1.82) is 0 Å². The number of unbranched alkanes of at least 4 members (excludes halogenated alkanes) is 44. The zero-order chi connectivity index (χ0) is 51.4. The third-order valence-electron chi connectivity index (χ3n) is 14.5. The molecule has 0 aliphatic heterocycles. The highest BCUT2D eigenvalue weighted by atomic mass is 16.6. The Morgan fingerprint density at radius 1 is 0.282 bits per heavy atom. The Morgan fingerprint density at radius 2 is 0.521 bits per heavy atom. The summed E-state index contributed by atoms with van der Waals surface area (Å²) in [6, 6.07) is 0. The minimum atomic E-state index is -0.773. The Labute approximate surface area is 443 Å². The van der Waals surface area contributed by atoms with Crippen LogP contribution in [0.2, 0.25) is 0 Å². The maximum absolute atomic E-state index is 12.8. The summed E-state index contributed by atoms with van der Waals surface area (Å²) < 4.78 is 16.8. The van der Waals surface area contributed by atoms with E-state index in [1.165, 1.54) is 231 Å². The van der Waals surface area contributed by atoms with Gasteiger partial charge >= 0.3 is 17.9 Å². The van der Waals surface area contributed by atoms with Crippen molar-refractivity contribution in [3.63, 3.8) is 0 Å². The van der Waals surface area contributed by atoms with E-state index >= 15 is 0 Å². The van der Waals surface area contributed by atoms with Crippen LogP contribution in [-0.4, -0.2) is 37.2 Å². The second-order valence-corrected chi connectivity index (χ2v) is 21.7. The molecule has 0 aliphatic rings. The molecule has 0 aliphatic carbocycles. The van der Waals surface area contributed by atoms with Gasteiger partial charge in [0.2, 0.25) is 0 Å². The van der Waals surface area contributed by atoms with Crippen LogP contribution < -0.4 is 0 Å². The summed E-state index contributed by atoms with van der Waals surface area (Å²) in [5.41, 5.74) is 0. The van der Waals surface area contributed by atoms with E-state index in [4.69, 9.17) is 14.2 Å². The molecule has 0 saturated heterocycles. The Kier molecular flexibility index (Phi) is 58.6. The van der Waals surface area contributed by atoms with E-state index < -0.39 is 6.10 Å². The van der Waals surface area contributed by atoms with E-state index in [-0.39, 0.29) is 31.1 Å². The molecule has 1 unspecified atom stereocenters. The highest BCUT2D eigenvalue weighted by Crippen LogP contribution is 2.18. The summed E-state index contributed by atoms with van der Waals surface area (Å²) in [6.45, 7) is 6.61. The molecule has 0 N–H and O–H groups in total. The second-order valence-electron chi connectivity index (χ2n) is 21.7. The number of esters is 3. The largest absolute Gasteiger partial charge is 0.462 e. The number of hydrogen-bond acceptors (Lipinski definition) is 6. The third kappa shape index (κ3) is 58.7. The van der Waals surface area contributed by atoms with Crippen molar-refractivity contribution in [1.82, 2.24) is 0 Å². The Morgan fingerprint density at radius 3 is 0.817 bits per heavy atom. The molecule has 0 radical (unpaired) electrons. The quantitative estimate of drug-likeness (QED) is 0.0261. The molecule has 0 bridgehead atoms. The smallest absolute Gasteiger partial charge is 0.306 e. The molecule has 0 aromatic heterocycles. The fourth-order valence-corrected chi connectivity index (χ4v) is 9.64. The number of ether oxygens (including phenoxy) is 3. The van der Waals surface area contributed by atoms with Crippen LogP contribution in [0.3, 0.4) is 0 Å². The highest BCUT2D eigenvalue weighted by Gasteiger charge is 2.19. The van der Waals surface area contributed by atoms with E-state index in [2.05, 4.69) is 45.1 Å². The van der Waals surface area contributed by atoms with Crippen molar-refractivity contribution in [2.45, 2.75) is 361 Å². The van der Waals surface area contributed by atoms with Crippen molar-refractivity contribution in [2.24, 2.45) is 0 Å². The average molecular weight is 1000 g/mol. The lowest BCUT2D eigenvalue weighted by Gasteiger charge is -2.18. The predicted molar refractivity (Wildman–Crippen MR) is 307 cm³/mol. The predicted octanol–water partition coefficient (Wildman–Crippen LogP) is 21.4. The van der Waals surface area contributed by atoms with Crippen molar-refractivity contribution < 1.29 is 28.6 Å². The average Bonchev–Trinajstić information content (AvgIpc) is 3.37. The molecule has 0 rings (SSSR count). The van der Waals surface area contributed by atoms with Crippen LogP contribution in [-0.2, 0) is 28.6 Å². The summed E-state index contributed by atoms with van der Waals surface area (Å²) >= 11 is 0. The Balaban J connectivity index is 3.98. The molecule has 418 valence electrons. The van der Waals surface area contributed by atoms with Crippen LogP contribution in [0.15, 0.2) is 24.3 Å². The van der Waals surface area contributed by atoms with Gasteiger partial charge in [0.1, 0.15) is 13.2 Å². The summed E-state index contributed by atoms with van der Waals surface area (Å²) in [4.78, 5) is 38.0. The van der Waals surface area contributed by atoms with Gasteiger partial charge in [-0.25, -0.2) is 0 Å². The first-order chi connectivity index (χ1) is 35.0. The van der Waals surface area contributed by atoms with Gasteiger partial charge in [0.25, 0.3) is 0 Å². The van der Waals surface area contributed by atoms with Crippen molar-refractivity contribution in [2.75, 3.05) is 13.2 Å². The maximum atomic E-state index is 12.8. The van der Waals surface area contributed by atoms with Gasteiger partial charge < -0.3 is 14.2 Å². The summed E-state index contributed by atoms with van der Waals surface area (Å²) in [5, 5.41) is 0. The highest BCUT2D eigenvalue weighted by molar-refractivity contribution is 5.71. The Bertz CT molecular complexity index is 1150. The first-order valence-electron chi connectivity index (χ1n) is 31.8. The minimum absolute atomic E-state index is 0.0721. The van der Waals surface area contributed by atoms with Gasteiger partial charge in [-0.05, 0) is 44.9 Å². The van der Waals surface area contributed by atoms with Crippen LogP contribution in [0.5, 0.6) is 0 Å². The lowest BCUT2D eigenvalue weighted by atomic mass is 10.0. The van der Waals surface area contributed by atoms with E-state index in [1.807, 2.05) is 0 Å². The molecular weight excluding hydrogens is 877 g/mol. The van der Waals surface area contributed by atoms with Crippen LogP contribution in [0.1, 0.15) is 355 Å². The Hall–Kier alpha value is -2.11. The van der Waals surface area contributed by atoms with E-state index in [0.717, 1.165) is 83.5 Å². The monoisotopic (exact) mass is 999 g/mol. The van der Waals surface area contributed by atoms with Gasteiger partial charge in [-0.1, -0.05) is 315 Å². The van der Waals surface area contributed by atoms with E-state index in [9.17, 15) is 14.4 Å². The lowest BCUT2D eigenvalue weighted by molar-refractivity contribution is -0.167. The van der Waals surface area contributed by atoms with Gasteiger partial charge in [-0.3, -0.25) is 14.4 Å². The van der Waals surface area contributed by atoms with Gasteiger partial charge in [0.15, 0.2) is 6.10 Å². The molecule has 0 spiro atoms. The van der Waals surface area contributed by atoms with Crippen molar-refractivity contribution in [3.05, 3.63) is 24.3 Å². The summed E-state index contributed by atoms with van der Waals surface area (Å²) in [6.07, 6.45) is 72.3. The van der Waals surface area contributed by atoms with Gasteiger partial charge in [-0.15, -0.1) is 0 Å². The standard InChI is InChI=1S/C65H122O6/c1-4-7-10-13-16-19-21-23-25-26-27-28-29-30-31-32-33-34-35-36-37-38-39-40-41-43-44-46-49-52-55-58-64(67)70-61-62(60-69-63(66)57-54-51-48-18-15-12-9-6-3)71-65(68)59-56-53-50-47-45-42-24-22-20-17-14-11-8-5-2/h14,17,22,24,62H,4-13,15-16,18-21,23,25-61H2,1-3H3/b17-14-,24-22-. The van der Waals surface area contributed by atoms with Gasteiger partial charge in [0.05, 0.1) is 0 Å². The second kappa shape index (κ2) is 60.4. The lowest BCUT2D eigenvalue weighted by Crippen LogP contribution is -2.30. The molecule has 0 heterocycles. The molecular formula is C65H122O6. The molecule has 1 atom stereocenters. The zero-order valence-corrected chi connectivity index (χ0v) is 48.0. The van der Waals surface area contributed by atoms with Crippen LogP contribution in [0.25, 0.3) is 0 Å². The minimum Gasteiger partial charge on any atom is -0.462 e. The molecule has 0 saturated carbocycles. The van der Waals surface area contributed by atoms with E-state index in [0.29, 0.717) is 19.3 Å². The maximum Gasteiger partial charge on any atom is 0.306 e. The van der Waals surface area contributed by atoms with Gasteiger partial charge in [-0.2, -0.15) is 0 Å². The molecule has 71 heavy (non-hydrogen) atoms. The number of rotatable bonds is 59. The fourth-order valence-electron chi connectivity index (χ4n) is 9.64. The first kappa shape index (κ1) is 68.9. The summed E-state index contributed by atoms with van der Waals surface area (Å²) in [7, 11) is 0. The molecule has 0 amide bonds. The zero-order valence-electron chi connectivity index (χ0n) is 48.0. The molecule has 6 heteroatoms. The van der Waals surface area contributed by atoms with Crippen LogP contribution in [0, 0.1) is 0 Å². The number of allylic oxidation sites excluding steroid dienone is 4. The molecule has 0 aromatic carbocycles. The molecule has 6 nitrogen and oxygen atoms in total. The van der Waals surface area contributed by atoms with Crippen LogP contribution >= 0.6 is 0 Å². The molecule has 0 fully saturated rings. The molecule has 0 aromatic rings. The van der Waals surface area contributed by atoms with Crippen LogP contribution in [0.4, 0.5) is 0 Å². The summed E-state index contributed by atoms with van der Waals surface area (Å²) in [5.74, 6) is -0.871. The first-order valence-corrected chi connectivity index (χ1v) is 31.8. The number of hydrogen-bond donors (Lipinski definition) is 0. The van der Waals surface area contributed by atoms with Gasteiger partial charge in [0, 0.05) is 19.3 Å². The van der Waals surface area contributed by atoms with Crippen molar-refractivity contribution in [3.8, 4) is 0 Å². The number of carbonyl (C=O) groups is 3. The SMILES string of the molecule is CCCC/C=C\C/C=C\CCCCCCCC(=O)OC(COC(=O)CCCCCCCCCC)COC(=O)CCCCCCCCCCCCCCCCCCCCCCCCCCCCCCCCC. The third-order valence-corrected chi connectivity index (χ3v) is 14.5. The number of carbonyl (C=O) groups excluding carboxylic acids is 3. The van der Waals surface area contributed by atoms with E-state index in [1.54, 1.807) is 0 Å².